The van der Waals surface area contributed by atoms with Crippen LogP contribution in [-0.2, 0) is 20.9 Å². The lowest BCUT2D eigenvalue weighted by Gasteiger charge is -2.28. The summed E-state index contributed by atoms with van der Waals surface area (Å²) in [7, 11) is 1.62. The van der Waals surface area contributed by atoms with Crippen molar-refractivity contribution in [3.63, 3.8) is 0 Å². The van der Waals surface area contributed by atoms with Crippen LogP contribution in [0.4, 0.5) is 4.39 Å². The summed E-state index contributed by atoms with van der Waals surface area (Å²) in [6.07, 6.45) is 4.35. The fourth-order valence-corrected chi connectivity index (χ4v) is 4.79. The van der Waals surface area contributed by atoms with Crippen molar-refractivity contribution in [3.8, 4) is 16.2 Å². The second-order valence-corrected chi connectivity index (χ2v) is 12.6. The molecule has 3 amide bonds. The lowest BCUT2D eigenvalue weighted by Crippen LogP contribution is -2.45. The quantitative estimate of drug-likeness (QED) is 0.315. The lowest BCUT2D eigenvalue weighted by atomic mass is 9.88. The number of likely N-dealkylation sites (tertiary alicyclic amines) is 1. The molecule has 2 heterocycles. The molecule has 2 N–H and O–H groups in total. The molecule has 242 valence electrons. The number of nitrogens with zero attached hydrogens (tertiary/aromatic N) is 2. The average molecular weight is 621 g/mol. The first kappa shape index (κ1) is 38.0. The Morgan fingerprint density at radius 3 is 2.37 bits per heavy atom. The summed E-state index contributed by atoms with van der Waals surface area (Å²) in [6, 6.07) is 5.59. The van der Waals surface area contributed by atoms with E-state index in [1.807, 2.05) is 72.2 Å². The third kappa shape index (κ3) is 11.5. The molecule has 1 aromatic heterocycles. The zero-order chi connectivity index (χ0) is 32.8. The maximum Gasteiger partial charge on any atom is 0.257 e. The monoisotopic (exact) mass is 620 g/mol. The van der Waals surface area contributed by atoms with Crippen molar-refractivity contribution in [1.82, 2.24) is 20.5 Å². The van der Waals surface area contributed by atoms with Crippen LogP contribution in [0.1, 0.15) is 98.8 Å². The average Bonchev–Trinajstić information content (AvgIpc) is 3.35. The van der Waals surface area contributed by atoms with E-state index in [4.69, 9.17) is 4.74 Å². The minimum absolute atomic E-state index is 0.00762. The number of rotatable bonds is 8. The highest BCUT2D eigenvalue weighted by molar-refractivity contribution is 7.13. The predicted molar refractivity (Wildman–Crippen MR) is 174 cm³/mol. The smallest absolute Gasteiger partial charge is 0.257 e. The van der Waals surface area contributed by atoms with E-state index < -0.39 is 11.6 Å². The van der Waals surface area contributed by atoms with Crippen molar-refractivity contribution in [1.29, 1.82) is 0 Å². The molecule has 43 heavy (non-hydrogen) atoms. The van der Waals surface area contributed by atoms with E-state index in [1.54, 1.807) is 23.3 Å². The zero-order valence-corrected chi connectivity index (χ0v) is 28.6. The van der Waals surface area contributed by atoms with Crippen molar-refractivity contribution >= 4 is 29.6 Å². The molecule has 2 unspecified atom stereocenters. The molecule has 1 aliphatic heterocycles. The van der Waals surface area contributed by atoms with Gasteiger partial charge in [0.2, 0.25) is 12.3 Å². The summed E-state index contributed by atoms with van der Waals surface area (Å²) in [4.78, 5) is 41.6. The van der Waals surface area contributed by atoms with E-state index in [-0.39, 0.29) is 23.4 Å². The highest BCUT2D eigenvalue weighted by Gasteiger charge is 2.51. The highest BCUT2D eigenvalue weighted by Crippen LogP contribution is 2.40. The Labute approximate surface area is 262 Å². The fourth-order valence-electron chi connectivity index (χ4n) is 3.99. The molecule has 0 bridgehead atoms. The highest BCUT2D eigenvalue weighted by atomic mass is 32.1. The van der Waals surface area contributed by atoms with Crippen LogP contribution in [0.3, 0.4) is 0 Å². The molecule has 0 radical (unpaired) electrons. The Morgan fingerprint density at radius 1 is 1.26 bits per heavy atom. The van der Waals surface area contributed by atoms with Crippen LogP contribution in [-0.4, -0.2) is 59.5 Å². The number of alkyl halides is 1. The number of aryl methyl sites for hydroxylation is 1. The van der Waals surface area contributed by atoms with Crippen LogP contribution in [0.2, 0.25) is 0 Å². The molecule has 2 aliphatic rings. The van der Waals surface area contributed by atoms with Gasteiger partial charge in [0.1, 0.15) is 11.8 Å². The number of halogens is 1. The summed E-state index contributed by atoms with van der Waals surface area (Å²) < 4.78 is 18.7. The van der Waals surface area contributed by atoms with Crippen LogP contribution >= 0.6 is 11.3 Å². The van der Waals surface area contributed by atoms with Crippen LogP contribution in [0.15, 0.2) is 23.7 Å². The third-order valence-corrected chi connectivity index (χ3v) is 8.20. The van der Waals surface area contributed by atoms with Crippen molar-refractivity contribution < 1.29 is 23.5 Å². The van der Waals surface area contributed by atoms with Crippen LogP contribution in [0.25, 0.3) is 10.4 Å². The van der Waals surface area contributed by atoms with Gasteiger partial charge in [0.15, 0.2) is 5.67 Å². The van der Waals surface area contributed by atoms with Gasteiger partial charge in [0, 0.05) is 24.7 Å². The molecule has 0 spiro atoms. The van der Waals surface area contributed by atoms with Gasteiger partial charge in [-0.2, -0.15) is 0 Å². The molecule has 1 saturated carbocycles. The number of ether oxygens (including phenoxy) is 1. The van der Waals surface area contributed by atoms with Gasteiger partial charge in [-0.05, 0) is 56.6 Å². The van der Waals surface area contributed by atoms with E-state index in [9.17, 15) is 18.8 Å². The van der Waals surface area contributed by atoms with Crippen LogP contribution < -0.4 is 15.4 Å². The van der Waals surface area contributed by atoms with Gasteiger partial charge in [-0.3, -0.25) is 14.4 Å². The van der Waals surface area contributed by atoms with E-state index in [0.29, 0.717) is 32.4 Å². The molecule has 2 aromatic rings. The molecular weight excluding hydrogens is 567 g/mol. The number of carbonyl (C=O) groups is 3. The van der Waals surface area contributed by atoms with Gasteiger partial charge in [0.25, 0.3) is 5.91 Å². The first-order valence-electron chi connectivity index (χ1n) is 15.4. The molecule has 1 aromatic carbocycles. The van der Waals surface area contributed by atoms with Gasteiger partial charge in [-0.1, -0.05) is 67.0 Å². The number of aromatic nitrogens is 1. The number of thiazole rings is 1. The predicted octanol–water partition coefficient (Wildman–Crippen LogP) is 6.85. The maximum atomic E-state index is 13.2. The first-order valence-corrected chi connectivity index (χ1v) is 16.2. The van der Waals surface area contributed by atoms with Gasteiger partial charge < -0.3 is 20.3 Å². The van der Waals surface area contributed by atoms with Crippen molar-refractivity contribution in [3.05, 3.63) is 35.0 Å². The largest absolute Gasteiger partial charge is 0.496 e. The fraction of sp³-hybridized carbons (Fsp3) is 0.636. The molecule has 8 nitrogen and oxygen atoms in total. The third-order valence-electron chi connectivity index (χ3n) is 7.22. The first-order chi connectivity index (χ1) is 20.3. The van der Waals surface area contributed by atoms with Crippen molar-refractivity contribution in [2.24, 2.45) is 5.41 Å². The summed E-state index contributed by atoms with van der Waals surface area (Å²) in [5, 5.41) is 5.62. The number of methoxy groups -OCH3 is 1. The standard InChI is InChI=1S/C18H21N3O3S.C10H18FNO.C3H8.C2H6/c1-12-17(25-10-20-12)13-5-6-14(16(8-13)24-2)9-19-18(23)15-4-3-7-21(15)11-22;1-7(9(2,3)4)12-8(13)10(11)5-6-10;1-3-2;1-2/h5-6,8,10-11,15H,3-4,7,9H2,1-2H3,(H,19,23);7H,5-6H2,1-4H3,(H,12,13);3H2,1-2H3;1-2H3. The normalized spacial score (nSPS) is 17.0. The molecule has 4 rings (SSSR count). The van der Waals surface area contributed by atoms with E-state index >= 15 is 0 Å². The Hall–Kier alpha value is -3.01. The molecule has 2 atom stereocenters. The van der Waals surface area contributed by atoms with Crippen LogP contribution in [0.5, 0.6) is 5.75 Å². The number of amides is 3. The van der Waals surface area contributed by atoms with E-state index in [2.05, 4.69) is 29.5 Å². The molecular formula is C33H53FN4O4S. The van der Waals surface area contributed by atoms with E-state index in [1.165, 1.54) is 6.42 Å². The van der Waals surface area contributed by atoms with Gasteiger partial charge in [0.05, 0.1) is 23.2 Å². The number of benzene rings is 1. The molecule has 2 fully saturated rings. The number of carbonyl (C=O) groups excluding carboxylic acids is 3. The van der Waals surface area contributed by atoms with Gasteiger partial charge in [-0.15, -0.1) is 11.3 Å². The van der Waals surface area contributed by atoms with Gasteiger partial charge in [-0.25, -0.2) is 9.37 Å². The Kier molecular flexibility index (Phi) is 15.9. The second-order valence-electron chi connectivity index (χ2n) is 11.7. The maximum absolute atomic E-state index is 13.2. The Balaban J connectivity index is 0.000000432. The van der Waals surface area contributed by atoms with Gasteiger partial charge >= 0.3 is 0 Å². The Bertz CT molecular complexity index is 1160. The van der Waals surface area contributed by atoms with E-state index in [0.717, 1.165) is 40.3 Å². The minimum atomic E-state index is -1.54. The second kappa shape index (κ2) is 18.0. The lowest BCUT2D eigenvalue weighted by molar-refractivity contribution is -0.131. The topological polar surface area (TPSA) is 101 Å². The SMILES string of the molecule is CC.CC(NC(=O)C1(F)CC1)C(C)(C)C.CCC.COc1cc(-c2scnc2C)ccc1CNC(=O)C1CCCN1C=O. The van der Waals surface area contributed by atoms with Crippen molar-refractivity contribution in [2.75, 3.05) is 13.7 Å². The molecule has 10 heteroatoms. The zero-order valence-electron chi connectivity index (χ0n) is 27.8. The number of nitrogens with one attached hydrogen (secondary N) is 2. The summed E-state index contributed by atoms with van der Waals surface area (Å²) in [5.74, 6) is 0.174. The Morgan fingerprint density at radius 2 is 1.88 bits per heavy atom. The molecule has 1 saturated heterocycles. The van der Waals surface area contributed by atoms with Crippen LogP contribution in [0, 0.1) is 12.3 Å². The summed E-state index contributed by atoms with van der Waals surface area (Å²) in [6.45, 7) is 19.2. The summed E-state index contributed by atoms with van der Waals surface area (Å²) in [5.41, 5.74) is 3.21. The molecule has 1 aliphatic carbocycles. The summed E-state index contributed by atoms with van der Waals surface area (Å²) >= 11 is 1.59. The van der Waals surface area contributed by atoms with Crippen molar-refractivity contribution in [2.45, 2.75) is 119 Å². The number of hydrogen-bond acceptors (Lipinski definition) is 6. The number of hydrogen-bond donors (Lipinski definition) is 2. The minimum Gasteiger partial charge on any atom is -0.496 e.